The third-order valence-corrected chi connectivity index (χ3v) is 3.94. The minimum absolute atomic E-state index is 0.0107. The number of likely N-dealkylation sites (N-methyl/N-ethyl adjacent to an activating group) is 1. The molecule has 1 heterocycles. The van der Waals surface area contributed by atoms with Crippen LogP contribution in [0.25, 0.3) is 0 Å². The summed E-state index contributed by atoms with van der Waals surface area (Å²) >= 11 is 5.86. The topological polar surface area (TPSA) is 61.0 Å². The fourth-order valence-electron chi connectivity index (χ4n) is 2.03. The lowest BCUT2D eigenvalue weighted by atomic mass is 10.2. The van der Waals surface area contributed by atoms with Gasteiger partial charge in [-0.3, -0.25) is 0 Å². The minimum Gasteiger partial charge on any atom is -0.348 e. The Labute approximate surface area is 133 Å². The molecule has 0 spiro atoms. The van der Waals surface area contributed by atoms with Gasteiger partial charge in [-0.2, -0.15) is 0 Å². The van der Waals surface area contributed by atoms with Crippen molar-refractivity contribution in [2.24, 2.45) is 0 Å². The fourth-order valence-corrected chi connectivity index (χ4v) is 2.23. The molecule has 0 fully saturated rings. The van der Waals surface area contributed by atoms with Crippen molar-refractivity contribution < 1.29 is 9.18 Å². The van der Waals surface area contributed by atoms with Gasteiger partial charge in [0.2, 0.25) is 0 Å². The van der Waals surface area contributed by atoms with E-state index < -0.39 is 5.82 Å². The third-order valence-electron chi connectivity index (χ3n) is 3.51. The van der Waals surface area contributed by atoms with E-state index in [0.717, 1.165) is 5.69 Å². The molecule has 0 aliphatic carbocycles. The number of hydrogen-bond acceptors (Lipinski definition) is 2. The maximum atomic E-state index is 13.3. The molecule has 2 rings (SSSR count). The van der Waals surface area contributed by atoms with Gasteiger partial charge in [0, 0.05) is 37.9 Å². The van der Waals surface area contributed by atoms with E-state index in [1.54, 1.807) is 36.6 Å². The number of rotatable bonds is 5. The summed E-state index contributed by atoms with van der Waals surface area (Å²) in [5.74, 6) is -0.491. The van der Waals surface area contributed by atoms with E-state index in [4.69, 9.17) is 11.6 Å². The van der Waals surface area contributed by atoms with Crippen molar-refractivity contribution in [3.05, 3.63) is 52.8 Å². The van der Waals surface area contributed by atoms with Crippen molar-refractivity contribution in [2.75, 3.05) is 7.05 Å². The number of nitrogens with one attached hydrogen (secondary N) is 2. The number of aromatic nitrogens is 2. The van der Waals surface area contributed by atoms with Gasteiger partial charge in [0.1, 0.15) is 5.82 Å². The molecule has 118 valence electrons. The monoisotopic (exact) mass is 324 g/mol. The number of halogens is 2. The first-order valence-electron chi connectivity index (χ1n) is 6.90. The second-order valence-electron chi connectivity index (χ2n) is 5.11. The maximum Gasteiger partial charge on any atom is 0.317 e. The van der Waals surface area contributed by atoms with E-state index in [9.17, 15) is 9.18 Å². The van der Waals surface area contributed by atoms with Gasteiger partial charge in [-0.05, 0) is 18.6 Å². The molecule has 0 bridgehead atoms. The lowest BCUT2D eigenvalue weighted by Crippen LogP contribution is -2.43. The number of aromatic amines is 1. The molecule has 5 nitrogen and oxygen atoms in total. The Kier molecular flexibility index (Phi) is 5.38. The zero-order chi connectivity index (χ0) is 16.1. The standard InChI is InChI=1S/C15H18ClFN4O/c1-10(6-12-8-18-9-20-12)21(2)15(22)19-7-11-4-3-5-13(17)14(11)16/h3-5,8-10H,6-7H2,1-2H3,(H,18,20)(H,19,22)/t10-/m0/s1. The first kappa shape index (κ1) is 16.3. The number of carbonyl (C=O) groups excluding carboxylic acids is 1. The van der Waals surface area contributed by atoms with E-state index in [2.05, 4.69) is 15.3 Å². The molecule has 1 aromatic carbocycles. The Bertz CT molecular complexity index is 632. The summed E-state index contributed by atoms with van der Waals surface area (Å²) < 4.78 is 13.3. The van der Waals surface area contributed by atoms with Gasteiger partial charge in [-0.15, -0.1) is 0 Å². The second kappa shape index (κ2) is 7.26. The summed E-state index contributed by atoms with van der Waals surface area (Å²) in [7, 11) is 1.71. The van der Waals surface area contributed by atoms with E-state index in [1.807, 2.05) is 6.92 Å². The largest absolute Gasteiger partial charge is 0.348 e. The molecular formula is C15H18ClFN4O. The van der Waals surface area contributed by atoms with Crippen LogP contribution in [-0.4, -0.2) is 34.0 Å². The van der Waals surface area contributed by atoms with E-state index >= 15 is 0 Å². The summed E-state index contributed by atoms with van der Waals surface area (Å²) in [5, 5.41) is 2.78. The summed E-state index contributed by atoms with van der Waals surface area (Å²) in [6, 6.07) is 4.27. The average Bonchev–Trinajstić information content (AvgIpc) is 3.00. The van der Waals surface area contributed by atoms with Crippen molar-refractivity contribution in [2.45, 2.75) is 25.9 Å². The Balaban J connectivity index is 1.89. The maximum absolute atomic E-state index is 13.3. The Morgan fingerprint density at radius 2 is 2.32 bits per heavy atom. The van der Waals surface area contributed by atoms with Crippen LogP contribution in [0.1, 0.15) is 18.2 Å². The van der Waals surface area contributed by atoms with Crippen LogP contribution in [0.2, 0.25) is 5.02 Å². The van der Waals surface area contributed by atoms with Gasteiger partial charge in [-0.25, -0.2) is 14.2 Å². The number of urea groups is 1. The van der Waals surface area contributed by atoms with Crippen LogP contribution in [0.5, 0.6) is 0 Å². The van der Waals surface area contributed by atoms with Gasteiger partial charge >= 0.3 is 6.03 Å². The van der Waals surface area contributed by atoms with Crippen LogP contribution >= 0.6 is 11.6 Å². The molecule has 0 aliphatic heterocycles. The smallest absolute Gasteiger partial charge is 0.317 e. The van der Waals surface area contributed by atoms with Crippen molar-refractivity contribution in [3.63, 3.8) is 0 Å². The average molecular weight is 325 g/mol. The van der Waals surface area contributed by atoms with Crippen LogP contribution in [0.15, 0.2) is 30.7 Å². The number of imidazole rings is 1. The lowest BCUT2D eigenvalue weighted by Gasteiger charge is -2.25. The third kappa shape index (κ3) is 3.98. The molecule has 2 amide bonds. The van der Waals surface area contributed by atoms with Gasteiger partial charge in [0.25, 0.3) is 0 Å². The Morgan fingerprint density at radius 3 is 3.00 bits per heavy atom. The summed E-state index contributed by atoms with van der Waals surface area (Å²) in [6.45, 7) is 2.12. The predicted octanol–water partition coefficient (Wildman–Crippen LogP) is 2.97. The summed E-state index contributed by atoms with van der Waals surface area (Å²) in [5.41, 5.74) is 1.50. The number of H-pyrrole nitrogens is 1. The van der Waals surface area contributed by atoms with Gasteiger partial charge in [0.05, 0.1) is 11.3 Å². The van der Waals surface area contributed by atoms with E-state index in [-0.39, 0.29) is 23.6 Å². The molecule has 22 heavy (non-hydrogen) atoms. The van der Waals surface area contributed by atoms with Crippen LogP contribution in [0, 0.1) is 5.82 Å². The first-order valence-corrected chi connectivity index (χ1v) is 7.27. The van der Waals surface area contributed by atoms with Gasteiger partial charge < -0.3 is 15.2 Å². The fraction of sp³-hybridized carbons (Fsp3) is 0.333. The van der Waals surface area contributed by atoms with Crippen LogP contribution < -0.4 is 5.32 Å². The van der Waals surface area contributed by atoms with E-state index in [1.165, 1.54) is 6.07 Å². The van der Waals surface area contributed by atoms with Gasteiger partial charge in [-0.1, -0.05) is 23.7 Å². The Hall–Kier alpha value is -2.08. The number of nitrogens with zero attached hydrogens (tertiary/aromatic N) is 2. The van der Waals surface area contributed by atoms with Crippen LogP contribution in [-0.2, 0) is 13.0 Å². The molecule has 0 unspecified atom stereocenters. The molecule has 0 radical (unpaired) electrons. The highest BCUT2D eigenvalue weighted by atomic mass is 35.5. The zero-order valence-corrected chi connectivity index (χ0v) is 13.2. The summed E-state index contributed by atoms with van der Waals surface area (Å²) in [4.78, 5) is 20.7. The number of hydrogen-bond donors (Lipinski definition) is 2. The summed E-state index contributed by atoms with van der Waals surface area (Å²) in [6.07, 6.45) is 4.01. The number of carbonyl (C=O) groups is 1. The molecular weight excluding hydrogens is 307 g/mol. The number of benzene rings is 1. The van der Waals surface area contributed by atoms with E-state index in [0.29, 0.717) is 12.0 Å². The zero-order valence-electron chi connectivity index (χ0n) is 12.4. The predicted molar refractivity (Wildman–Crippen MR) is 83.2 cm³/mol. The molecule has 0 aliphatic rings. The molecule has 2 aromatic rings. The molecule has 0 saturated carbocycles. The quantitative estimate of drug-likeness (QED) is 0.888. The van der Waals surface area contributed by atoms with Crippen molar-refractivity contribution >= 4 is 17.6 Å². The van der Waals surface area contributed by atoms with Gasteiger partial charge in [0.15, 0.2) is 0 Å². The van der Waals surface area contributed by atoms with Crippen molar-refractivity contribution in [3.8, 4) is 0 Å². The molecule has 0 saturated heterocycles. The Morgan fingerprint density at radius 1 is 1.55 bits per heavy atom. The minimum atomic E-state index is -0.491. The highest BCUT2D eigenvalue weighted by Crippen LogP contribution is 2.19. The van der Waals surface area contributed by atoms with Crippen LogP contribution in [0.4, 0.5) is 9.18 Å². The second-order valence-corrected chi connectivity index (χ2v) is 5.49. The highest BCUT2D eigenvalue weighted by molar-refractivity contribution is 6.31. The molecule has 2 N–H and O–H groups in total. The molecule has 7 heteroatoms. The van der Waals surface area contributed by atoms with Crippen molar-refractivity contribution in [1.29, 1.82) is 0 Å². The molecule has 1 aromatic heterocycles. The lowest BCUT2D eigenvalue weighted by molar-refractivity contribution is 0.193. The van der Waals surface area contributed by atoms with Crippen molar-refractivity contribution in [1.82, 2.24) is 20.2 Å². The highest BCUT2D eigenvalue weighted by Gasteiger charge is 2.17. The molecule has 1 atom stereocenters. The SMILES string of the molecule is C[C@@H](Cc1cnc[nH]1)N(C)C(=O)NCc1cccc(F)c1Cl. The number of amides is 2. The first-order chi connectivity index (χ1) is 10.5. The normalized spacial score (nSPS) is 12.0. The van der Waals surface area contributed by atoms with Crippen LogP contribution in [0.3, 0.4) is 0 Å².